The quantitative estimate of drug-likeness (QED) is 0.579. The predicted molar refractivity (Wildman–Crippen MR) is 35.3 cm³/mol. The molecule has 0 saturated heterocycles. The van der Waals surface area contributed by atoms with Gasteiger partial charge in [-0.05, 0) is 6.07 Å². The van der Waals surface area contributed by atoms with Gasteiger partial charge >= 0.3 is 0 Å². The van der Waals surface area contributed by atoms with Crippen LogP contribution in [0.15, 0.2) is 23.0 Å². The average Bonchev–Trinajstić information content (AvgIpc) is 2.34. The van der Waals surface area contributed by atoms with Crippen LogP contribution < -0.4 is 5.73 Å². The molecule has 0 aromatic rings. The Balaban J connectivity index is 2.78. The van der Waals surface area contributed by atoms with Gasteiger partial charge < -0.3 is 10.3 Å². The van der Waals surface area contributed by atoms with Gasteiger partial charge in [-0.3, -0.25) is 0 Å². The average molecular weight is 135 g/mol. The van der Waals surface area contributed by atoms with Crippen molar-refractivity contribution in [2.75, 3.05) is 5.73 Å². The Morgan fingerprint density at radius 1 is 1.50 bits per heavy atom. The van der Waals surface area contributed by atoms with Crippen molar-refractivity contribution >= 4 is 5.82 Å². The third-order valence-corrected chi connectivity index (χ3v) is 1.31. The highest BCUT2D eigenvalue weighted by Crippen LogP contribution is 2.23. The largest absolute Gasteiger partial charge is 0.382 e. The van der Waals surface area contributed by atoms with Gasteiger partial charge in [0.1, 0.15) is 6.26 Å². The molecule has 2 N–H and O–H groups in total. The van der Waals surface area contributed by atoms with E-state index in [0.717, 1.165) is 5.56 Å². The molecule has 0 atom stereocenters. The van der Waals surface area contributed by atoms with Crippen molar-refractivity contribution < 1.29 is 4.52 Å². The molecule has 0 aliphatic carbocycles. The topological polar surface area (TPSA) is 64.9 Å². The van der Waals surface area contributed by atoms with Crippen molar-refractivity contribution in [2.45, 2.75) is 0 Å². The third kappa shape index (κ3) is 0.556. The number of nitrogens with two attached hydrogens (primary N) is 1. The monoisotopic (exact) mass is 135 g/mol. The Kier molecular flexibility index (Phi) is 0.887. The van der Waals surface area contributed by atoms with E-state index in [1.54, 1.807) is 12.3 Å². The number of hydrogen-bond acceptors (Lipinski definition) is 4. The van der Waals surface area contributed by atoms with E-state index >= 15 is 0 Å². The van der Waals surface area contributed by atoms with Crippen molar-refractivity contribution in [1.82, 2.24) is 10.1 Å². The zero-order chi connectivity index (χ0) is 6.97. The number of anilines is 1. The first-order valence-corrected chi connectivity index (χ1v) is 2.82. The number of nitrogens with zero attached hydrogens (tertiary/aromatic N) is 2. The molecule has 2 aliphatic heterocycles. The minimum absolute atomic E-state index is 0.416. The summed E-state index contributed by atoms with van der Waals surface area (Å²) in [6.07, 6.45) is 3.15. The Morgan fingerprint density at radius 2 is 2.40 bits per heavy atom. The summed E-state index contributed by atoms with van der Waals surface area (Å²) in [7, 11) is 0. The van der Waals surface area contributed by atoms with Crippen LogP contribution in [-0.4, -0.2) is 10.1 Å². The van der Waals surface area contributed by atoms with Crippen LogP contribution in [-0.2, 0) is 0 Å². The van der Waals surface area contributed by atoms with Crippen molar-refractivity contribution in [3.8, 4) is 11.3 Å². The van der Waals surface area contributed by atoms with E-state index in [1.165, 1.54) is 6.26 Å². The molecule has 0 aromatic heterocycles. The molecule has 2 rings (SSSR count). The zero-order valence-electron chi connectivity index (χ0n) is 5.11. The van der Waals surface area contributed by atoms with Crippen LogP contribution in [0.2, 0.25) is 0 Å². The zero-order valence-corrected chi connectivity index (χ0v) is 5.11. The Hall–Kier alpha value is -1.58. The van der Waals surface area contributed by atoms with Gasteiger partial charge in [0.2, 0.25) is 0 Å². The van der Waals surface area contributed by atoms with Crippen molar-refractivity contribution in [3.63, 3.8) is 0 Å². The smallest absolute Gasteiger partial charge is 0.154 e. The number of rotatable bonds is 0. The van der Waals surface area contributed by atoms with Crippen LogP contribution in [0.25, 0.3) is 11.3 Å². The lowest BCUT2D eigenvalue weighted by molar-refractivity contribution is 0.404. The Bertz CT molecular complexity index is 317. The fraction of sp³-hybridized carbons (Fsp3) is 0. The maximum absolute atomic E-state index is 5.44. The molecular formula is C6H5N3O. The van der Waals surface area contributed by atoms with E-state index in [4.69, 9.17) is 5.73 Å². The van der Waals surface area contributed by atoms with Gasteiger partial charge in [0, 0.05) is 11.8 Å². The van der Waals surface area contributed by atoms with E-state index in [9.17, 15) is 0 Å². The van der Waals surface area contributed by atoms with Crippen molar-refractivity contribution in [1.29, 1.82) is 0 Å². The Labute approximate surface area is 57.0 Å². The summed E-state index contributed by atoms with van der Waals surface area (Å²) in [5.41, 5.74) is 6.98. The van der Waals surface area contributed by atoms with Gasteiger partial charge in [-0.25, -0.2) is 4.98 Å². The molecular weight excluding hydrogens is 130 g/mol. The van der Waals surface area contributed by atoms with Crippen LogP contribution >= 0.6 is 0 Å². The van der Waals surface area contributed by atoms with Crippen molar-refractivity contribution in [3.05, 3.63) is 18.5 Å². The minimum Gasteiger partial charge on any atom is -0.382 e. The van der Waals surface area contributed by atoms with Gasteiger partial charge in [0.15, 0.2) is 11.5 Å². The lowest BCUT2D eigenvalue weighted by Gasteiger charge is -1.91. The molecule has 2 heterocycles. The summed E-state index contributed by atoms with van der Waals surface area (Å²) in [5, 5.41) is 3.68. The first-order valence-electron chi connectivity index (χ1n) is 2.82. The molecule has 4 heteroatoms. The lowest BCUT2D eigenvalue weighted by atomic mass is 10.2. The van der Waals surface area contributed by atoms with Crippen LogP contribution in [0.4, 0.5) is 5.82 Å². The highest BCUT2D eigenvalue weighted by Gasteiger charge is 2.08. The Morgan fingerprint density at radius 3 is 3.20 bits per heavy atom. The van der Waals surface area contributed by atoms with E-state index in [2.05, 4.69) is 14.7 Å². The molecule has 0 aromatic carbocycles. The maximum atomic E-state index is 5.44. The van der Waals surface area contributed by atoms with E-state index < -0.39 is 0 Å². The second-order valence-corrected chi connectivity index (χ2v) is 1.95. The fourth-order valence-electron chi connectivity index (χ4n) is 0.818. The third-order valence-electron chi connectivity index (χ3n) is 1.31. The summed E-state index contributed by atoms with van der Waals surface area (Å²) in [4.78, 5) is 3.85. The number of nitrogen functional groups attached to an aromatic ring is 1. The predicted octanol–water partition coefficient (Wildman–Crippen LogP) is 0.757. The molecule has 0 radical (unpaired) electrons. The maximum Gasteiger partial charge on any atom is 0.154 e. The molecule has 0 bridgehead atoms. The second kappa shape index (κ2) is 1.70. The molecule has 0 amide bonds. The molecule has 2 aliphatic rings. The van der Waals surface area contributed by atoms with Gasteiger partial charge in [-0.2, -0.15) is 0 Å². The van der Waals surface area contributed by atoms with E-state index in [1.807, 2.05) is 0 Å². The number of fused-ring (bicyclic) bond motifs is 1. The first-order chi connectivity index (χ1) is 4.88. The van der Waals surface area contributed by atoms with Crippen LogP contribution in [0.5, 0.6) is 0 Å². The SMILES string of the molecule is Nc1ncc2cconc1-2. The molecule has 10 heavy (non-hydrogen) atoms. The molecule has 0 fully saturated rings. The summed E-state index contributed by atoms with van der Waals surface area (Å²) in [5.74, 6) is 0.416. The first kappa shape index (κ1) is 5.22. The van der Waals surface area contributed by atoms with Gasteiger partial charge in [-0.15, -0.1) is 0 Å². The normalized spacial score (nSPS) is 10.4. The molecule has 0 unspecified atom stereocenters. The summed E-state index contributed by atoms with van der Waals surface area (Å²) in [6, 6.07) is 1.77. The number of aromatic nitrogens is 2. The van der Waals surface area contributed by atoms with E-state index in [0.29, 0.717) is 11.5 Å². The number of hydrogen-bond donors (Lipinski definition) is 1. The van der Waals surface area contributed by atoms with Gasteiger partial charge in [0.05, 0.1) is 0 Å². The molecule has 0 spiro atoms. The second-order valence-electron chi connectivity index (χ2n) is 1.95. The van der Waals surface area contributed by atoms with E-state index in [-0.39, 0.29) is 0 Å². The van der Waals surface area contributed by atoms with Gasteiger partial charge in [0.25, 0.3) is 0 Å². The van der Waals surface area contributed by atoms with Crippen LogP contribution in [0.3, 0.4) is 0 Å². The van der Waals surface area contributed by atoms with Crippen LogP contribution in [0, 0.1) is 0 Å². The highest BCUT2D eigenvalue weighted by molar-refractivity contribution is 5.70. The summed E-state index contributed by atoms with van der Waals surface area (Å²) < 4.78 is 4.66. The molecule has 50 valence electrons. The molecule has 0 saturated carbocycles. The summed E-state index contributed by atoms with van der Waals surface area (Å²) >= 11 is 0. The minimum atomic E-state index is 0.416. The van der Waals surface area contributed by atoms with Gasteiger partial charge in [-0.1, -0.05) is 5.16 Å². The highest BCUT2D eigenvalue weighted by atomic mass is 16.4. The fourth-order valence-corrected chi connectivity index (χ4v) is 0.818. The lowest BCUT2D eigenvalue weighted by Crippen LogP contribution is -1.87. The standard InChI is InChI=1S/C6H5N3O/c7-6-5-4(3-8-6)1-2-10-9-5/h1-3H,(H2,7,8). The molecule has 4 nitrogen and oxygen atoms in total. The summed E-state index contributed by atoms with van der Waals surface area (Å²) in [6.45, 7) is 0. The van der Waals surface area contributed by atoms with Crippen LogP contribution in [0.1, 0.15) is 0 Å². The van der Waals surface area contributed by atoms with Crippen molar-refractivity contribution in [2.24, 2.45) is 0 Å².